The Bertz CT molecular complexity index is 542. The minimum Gasteiger partial charge on any atom is -0.487 e. The lowest BCUT2D eigenvalue weighted by Crippen LogP contribution is -2.39. The summed E-state index contributed by atoms with van der Waals surface area (Å²) in [5, 5.41) is 2.20. The SMILES string of the molecule is C[C@H]1CN(C(=O)OC(C)(C)C)Cc2scc(C3CC3)c2O1. The van der Waals surface area contributed by atoms with E-state index in [1.807, 2.05) is 27.7 Å². The first-order chi connectivity index (χ1) is 9.83. The maximum absolute atomic E-state index is 12.3. The highest BCUT2D eigenvalue weighted by Crippen LogP contribution is 2.48. The molecule has 0 saturated heterocycles. The van der Waals surface area contributed by atoms with Crippen molar-refractivity contribution in [3.05, 3.63) is 15.8 Å². The molecule has 1 fully saturated rings. The molecule has 3 rings (SSSR count). The van der Waals surface area contributed by atoms with Crippen LogP contribution < -0.4 is 4.74 Å². The van der Waals surface area contributed by atoms with Crippen molar-refractivity contribution in [1.82, 2.24) is 4.90 Å². The van der Waals surface area contributed by atoms with E-state index in [-0.39, 0.29) is 12.2 Å². The molecule has 2 heterocycles. The zero-order chi connectivity index (χ0) is 15.2. The van der Waals surface area contributed by atoms with Gasteiger partial charge in [-0.15, -0.1) is 11.3 Å². The zero-order valence-electron chi connectivity index (χ0n) is 13.1. The van der Waals surface area contributed by atoms with E-state index < -0.39 is 5.60 Å². The van der Waals surface area contributed by atoms with Crippen LogP contribution in [0.2, 0.25) is 0 Å². The Morgan fingerprint density at radius 1 is 1.43 bits per heavy atom. The van der Waals surface area contributed by atoms with Gasteiger partial charge in [-0.2, -0.15) is 0 Å². The van der Waals surface area contributed by atoms with Gasteiger partial charge >= 0.3 is 6.09 Å². The number of ether oxygens (including phenoxy) is 2. The molecule has 4 nitrogen and oxygen atoms in total. The van der Waals surface area contributed by atoms with Gasteiger partial charge in [-0.25, -0.2) is 4.79 Å². The van der Waals surface area contributed by atoms with Crippen molar-refractivity contribution in [2.75, 3.05) is 6.54 Å². The smallest absolute Gasteiger partial charge is 0.410 e. The molecule has 1 atom stereocenters. The molecule has 1 aromatic heterocycles. The van der Waals surface area contributed by atoms with Gasteiger partial charge in [-0.05, 0) is 51.8 Å². The predicted molar refractivity (Wildman–Crippen MR) is 83.0 cm³/mol. The van der Waals surface area contributed by atoms with Crippen LogP contribution >= 0.6 is 11.3 Å². The van der Waals surface area contributed by atoms with Gasteiger partial charge in [0.15, 0.2) is 0 Å². The number of rotatable bonds is 1. The molecule has 0 bridgehead atoms. The van der Waals surface area contributed by atoms with Gasteiger partial charge < -0.3 is 9.47 Å². The van der Waals surface area contributed by atoms with Gasteiger partial charge in [0, 0.05) is 5.56 Å². The molecule has 0 N–H and O–H groups in total. The van der Waals surface area contributed by atoms with Crippen LogP contribution in [0.15, 0.2) is 5.38 Å². The zero-order valence-corrected chi connectivity index (χ0v) is 14.0. The van der Waals surface area contributed by atoms with Crippen LogP contribution in [0.5, 0.6) is 5.75 Å². The fourth-order valence-electron chi connectivity index (χ4n) is 2.57. The number of carbonyl (C=O) groups is 1. The van der Waals surface area contributed by atoms with Crippen LogP contribution in [-0.4, -0.2) is 29.2 Å². The van der Waals surface area contributed by atoms with Crippen molar-refractivity contribution < 1.29 is 14.3 Å². The van der Waals surface area contributed by atoms with Crippen LogP contribution in [0.4, 0.5) is 4.79 Å². The van der Waals surface area contributed by atoms with Crippen molar-refractivity contribution in [2.24, 2.45) is 0 Å². The van der Waals surface area contributed by atoms with E-state index >= 15 is 0 Å². The topological polar surface area (TPSA) is 38.8 Å². The standard InChI is InChI=1S/C16H23NO3S/c1-10-7-17(15(18)20-16(2,3)4)8-13-14(19-10)12(9-21-13)11-5-6-11/h9-11H,5-8H2,1-4H3/t10-/m0/s1. The number of hydrogen-bond donors (Lipinski definition) is 0. The Morgan fingerprint density at radius 2 is 2.14 bits per heavy atom. The monoisotopic (exact) mass is 309 g/mol. The molecule has 1 saturated carbocycles. The summed E-state index contributed by atoms with van der Waals surface area (Å²) in [7, 11) is 0. The summed E-state index contributed by atoms with van der Waals surface area (Å²) >= 11 is 1.70. The van der Waals surface area contributed by atoms with Gasteiger partial charge in [0.05, 0.1) is 18.0 Å². The van der Waals surface area contributed by atoms with Gasteiger partial charge in [-0.3, -0.25) is 4.90 Å². The largest absolute Gasteiger partial charge is 0.487 e. The van der Waals surface area contributed by atoms with Crippen molar-refractivity contribution >= 4 is 17.4 Å². The summed E-state index contributed by atoms with van der Waals surface area (Å²) in [4.78, 5) is 15.2. The first-order valence-corrected chi connectivity index (χ1v) is 8.46. The number of nitrogens with zero attached hydrogens (tertiary/aromatic N) is 1. The molecule has 0 unspecified atom stereocenters. The summed E-state index contributed by atoms with van der Waals surface area (Å²) < 4.78 is 11.6. The van der Waals surface area contributed by atoms with E-state index in [2.05, 4.69) is 5.38 Å². The van der Waals surface area contributed by atoms with Crippen molar-refractivity contribution in [2.45, 2.75) is 64.7 Å². The van der Waals surface area contributed by atoms with E-state index in [9.17, 15) is 4.79 Å². The summed E-state index contributed by atoms with van der Waals surface area (Å²) in [6.45, 7) is 8.85. The van der Waals surface area contributed by atoms with Crippen molar-refractivity contribution in [1.29, 1.82) is 0 Å². The predicted octanol–water partition coefficient (Wildman–Crippen LogP) is 4.14. The Balaban J connectivity index is 1.80. The van der Waals surface area contributed by atoms with Crippen molar-refractivity contribution in [3.63, 3.8) is 0 Å². The molecule has 1 aliphatic carbocycles. The fraction of sp³-hybridized carbons (Fsp3) is 0.688. The second-order valence-corrected chi connectivity index (χ2v) is 7.97. The van der Waals surface area contributed by atoms with Gasteiger partial charge in [-0.1, -0.05) is 0 Å². The third kappa shape index (κ3) is 3.34. The quantitative estimate of drug-likeness (QED) is 0.782. The molecule has 0 radical (unpaired) electrons. The fourth-order valence-corrected chi connectivity index (χ4v) is 3.65. The normalized spacial score (nSPS) is 22.3. The maximum atomic E-state index is 12.3. The number of carbonyl (C=O) groups excluding carboxylic acids is 1. The average Bonchev–Trinajstić information content (AvgIpc) is 3.13. The third-order valence-electron chi connectivity index (χ3n) is 3.64. The van der Waals surface area contributed by atoms with Crippen LogP contribution in [-0.2, 0) is 11.3 Å². The molecule has 5 heteroatoms. The van der Waals surface area contributed by atoms with Crippen LogP contribution in [0.25, 0.3) is 0 Å². The number of fused-ring (bicyclic) bond motifs is 1. The van der Waals surface area contributed by atoms with E-state index in [0.717, 1.165) is 10.6 Å². The van der Waals surface area contributed by atoms with Gasteiger partial charge in [0.2, 0.25) is 0 Å². The molecule has 1 aliphatic heterocycles. The Labute approximate surface area is 130 Å². The molecule has 1 aromatic rings. The molecule has 21 heavy (non-hydrogen) atoms. The average molecular weight is 309 g/mol. The summed E-state index contributed by atoms with van der Waals surface area (Å²) in [6, 6.07) is 0. The molecule has 1 amide bonds. The molecule has 0 spiro atoms. The molecule has 0 aromatic carbocycles. The molecule has 116 valence electrons. The lowest BCUT2D eigenvalue weighted by molar-refractivity contribution is 0.0189. The van der Waals surface area contributed by atoms with Crippen LogP contribution in [0.3, 0.4) is 0 Å². The second-order valence-electron chi connectivity index (χ2n) is 7.01. The summed E-state index contributed by atoms with van der Waals surface area (Å²) in [5.41, 5.74) is 0.873. The highest BCUT2D eigenvalue weighted by Gasteiger charge is 2.34. The minimum absolute atomic E-state index is 0.00846. The Hall–Kier alpha value is -1.23. The maximum Gasteiger partial charge on any atom is 0.410 e. The molecule has 2 aliphatic rings. The van der Waals surface area contributed by atoms with Gasteiger partial charge in [0.1, 0.15) is 17.5 Å². The van der Waals surface area contributed by atoms with Crippen LogP contribution in [0, 0.1) is 0 Å². The highest BCUT2D eigenvalue weighted by molar-refractivity contribution is 7.10. The lowest BCUT2D eigenvalue weighted by atomic mass is 10.2. The van der Waals surface area contributed by atoms with E-state index in [1.54, 1.807) is 16.2 Å². The summed E-state index contributed by atoms with van der Waals surface area (Å²) in [5.74, 6) is 1.70. The second kappa shape index (κ2) is 5.20. The van der Waals surface area contributed by atoms with E-state index in [0.29, 0.717) is 19.0 Å². The summed E-state index contributed by atoms with van der Waals surface area (Å²) in [6.07, 6.45) is 2.26. The van der Waals surface area contributed by atoms with E-state index in [1.165, 1.54) is 18.4 Å². The minimum atomic E-state index is -0.467. The number of amides is 1. The Morgan fingerprint density at radius 3 is 2.76 bits per heavy atom. The molecular weight excluding hydrogens is 286 g/mol. The highest BCUT2D eigenvalue weighted by atomic mass is 32.1. The van der Waals surface area contributed by atoms with Crippen LogP contribution in [0.1, 0.15) is 56.9 Å². The first kappa shape index (κ1) is 14.7. The number of thiophene rings is 1. The third-order valence-corrected chi connectivity index (χ3v) is 4.61. The first-order valence-electron chi connectivity index (χ1n) is 7.58. The van der Waals surface area contributed by atoms with Crippen molar-refractivity contribution in [3.8, 4) is 5.75 Å². The Kier molecular flexibility index (Phi) is 3.64. The van der Waals surface area contributed by atoms with E-state index in [4.69, 9.17) is 9.47 Å². The molecular formula is C16H23NO3S. The number of hydrogen-bond acceptors (Lipinski definition) is 4. The lowest BCUT2D eigenvalue weighted by Gasteiger charge is -2.27. The van der Waals surface area contributed by atoms with Gasteiger partial charge in [0.25, 0.3) is 0 Å².